The molecule has 0 fully saturated rings. The zero-order chi connectivity index (χ0) is 12.5. The quantitative estimate of drug-likeness (QED) is 0.648. The molecule has 0 amide bonds. The van der Waals surface area contributed by atoms with E-state index in [1.807, 2.05) is 48.5 Å². The summed E-state index contributed by atoms with van der Waals surface area (Å²) in [6.07, 6.45) is 0. The number of hydrogen-bond donors (Lipinski definition) is 1. The molecule has 3 aromatic rings. The molecular formula is C14H11ClIN3. The lowest BCUT2D eigenvalue weighted by Gasteiger charge is -2.05. The van der Waals surface area contributed by atoms with E-state index in [1.54, 1.807) is 0 Å². The Bertz CT molecular complexity index is 713. The highest BCUT2D eigenvalue weighted by molar-refractivity contribution is 14.1. The number of benzene rings is 2. The van der Waals surface area contributed by atoms with Crippen LogP contribution in [0.1, 0.15) is 0 Å². The SMILES string of the molecule is Cl.Nc1nc(-c2ccc(I)cc2)nc2ccccc12. The van der Waals surface area contributed by atoms with Gasteiger partial charge in [-0.15, -0.1) is 12.4 Å². The maximum atomic E-state index is 5.97. The van der Waals surface area contributed by atoms with E-state index in [-0.39, 0.29) is 12.4 Å². The van der Waals surface area contributed by atoms with Gasteiger partial charge in [0.2, 0.25) is 0 Å². The highest BCUT2D eigenvalue weighted by Crippen LogP contribution is 2.23. The summed E-state index contributed by atoms with van der Waals surface area (Å²) >= 11 is 2.27. The maximum Gasteiger partial charge on any atom is 0.162 e. The van der Waals surface area contributed by atoms with Crippen LogP contribution >= 0.6 is 35.0 Å². The predicted octanol–water partition coefficient (Wildman–Crippen LogP) is 3.91. The Labute approximate surface area is 130 Å². The number of rotatable bonds is 1. The average Bonchev–Trinajstić information content (AvgIpc) is 2.39. The van der Waals surface area contributed by atoms with Crippen molar-refractivity contribution in [2.24, 2.45) is 0 Å². The second kappa shape index (κ2) is 5.71. The number of halogens is 2. The zero-order valence-electron chi connectivity index (χ0n) is 9.88. The van der Waals surface area contributed by atoms with Gasteiger partial charge in [0.25, 0.3) is 0 Å². The Hall–Kier alpha value is -1.40. The van der Waals surface area contributed by atoms with Crippen LogP contribution in [0.5, 0.6) is 0 Å². The molecule has 0 unspecified atom stereocenters. The molecule has 5 heteroatoms. The minimum absolute atomic E-state index is 0. The van der Waals surface area contributed by atoms with E-state index >= 15 is 0 Å². The van der Waals surface area contributed by atoms with Gasteiger partial charge in [-0.2, -0.15) is 0 Å². The van der Waals surface area contributed by atoms with Gasteiger partial charge in [-0.25, -0.2) is 9.97 Å². The van der Waals surface area contributed by atoms with Crippen LogP contribution in [0.15, 0.2) is 48.5 Å². The second-order valence-corrected chi connectivity index (χ2v) is 5.20. The van der Waals surface area contributed by atoms with Crippen LogP contribution in [0.25, 0.3) is 22.3 Å². The fourth-order valence-electron chi connectivity index (χ4n) is 1.83. The summed E-state index contributed by atoms with van der Waals surface area (Å²) in [5.74, 6) is 1.19. The van der Waals surface area contributed by atoms with Crippen molar-refractivity contribution in [1.29, 1.82) is 0 Å². The Morgan fingerprint density at radius 1 is 0.895 bits per heavy atom. The smallest absolute Gasteiger partial charge is 0.162 e. The first-order valence-electron chi connectivity index (χ1n) is 5.52. The van der Waals surface area contributed by atoms with Crippen molar-refractivity contribution in [3.8, 4) is 11.4 Å². The molecule has 0 spiro atoms. The van der Waals surface area contributed by atoms with Gasteiger partial charge in [0.05, 0.1) is 5.52 Å². The molecule has 1 heterocycles. The summed E-state index contributed by atoms with van der Waals surface area (Å²) in [5.41, 5.74) is 7.82. The van der Waals surface area contributed by atoms with E-state index in [1.165, 1.54) is 3.57 Å². The number of nitrogen functional groups attached to an aromatic ring is 1. The molecular weight excluding hydrogens is 373 g/mol. The third-order valence-corrected chi connectivity index (χ3v) is 3.45. The number of para-hydroxylation sites is 1. The number of hydrogen-bond acceptors (Lipinski definition) is 3. The van der Waals surface area contributed by atoms with Gasteiger partial charge < -0.3 is 5.73 Å². The minimum Gasteiger partial charge on any atom is -0.383 e. The Balaban J connectivity index is 0.00000133. The van der Waals surface area contributed by atoms with E-state index in [2.05, 4.69) is 32.6 Å². The molecule has 0 radical (unpaired) electrons. The molecule has 96 valence electrons. The van der Waals surface area contributed by atoms with Crippen LogP contribution in [-0.2, 0) is 0 Å². The van der Waals surface area contributed by atoms with Gasteiger partial charge >= 0.3 is 0 Å². The van der Waals surface area contributed by atoms with Crippen LogP contribution in [0, 0.1) is 3.57 Å². The fourth-order valence-corrected chi connectivity index (χ4v) is 2.19. The van der Waals surface area contributed by atoms with E-state index in [0.29, 0.717) is 11.6 Å². The van der Waals surface area contributed by atoms with Gasteiger partial charge in [-0.05, 0) is 46.9 Å². The molecule has 2 aromatic carbocycles. The fraction of sp³-hybridized carbons (Fsp3) is 0. The lowest BCUT2D eigenvalue weighted by molar-refractivity contribution is 1.23. The molecule has 0 aliphatic heterocycles. The summed E-state index contributed by atoms with van der Waals surface area (Å²) in [4.78, 5) is 8.91. The lowest BCUT2D eigenvalue weighted by Crippen LogP contribution is -1.97. The van der Waals surface area contributed by atoms with Gasteiger partial charge in [-0.3, -0.25) is 0 Å². The summed E-state index contributed by atoms with van der Waals surface area (Å²) in [7, 11) is 0. The molecule has 3 rings (SSSR count). The molecule has 1 aromatic heterocycles. The first kappa shape index (κ1) is 14.0. The summed E-state index contributed by atoms with van der Waals surface area (Å²) in [6, 6.07) is 15.8. The number of fused-ring (bicyclic) bond motifs is 1. The molecule has 0 atom stereocenters. The lowest BCUT2D eigenvalue weighted by atomic mass is 10.2. The molecule has 3 nitrogen and oxygen atoms in total. The molecule has 0 saturated heterocycles. The standard InChI is InChI=1S/C14H10IN3.ClH/c15-10-7-5-9(6-8-10)14-17-12-4-2-1-3-11(12)13(16)18-14;/h1-8H,(H2,16,17,18);1H. The van der Waals surface area contributed by atoms with Crippen molar-refractivity contribution in [1.82, 2.24) is 9.97 Å². The van der Waals surface area contributed by atoms with Crippen molar-refractivity contribution in [2.45, 2.75) is 0 Å². The zero-order valence-corrected chi connectivity index (χ0v) is 12.9. The minimum atomic E-state index is 0. The Morgan fingerprint density at radius 2 is 1.58 bits per heavy atom. The molecule has 0 aliphatic carbocycles. The number of anilines is 1. The molecule has 0 aliphatic rings. The topological polar surface area (TPSA) is 51.8 Å². The van der Waals surface area contributed by atoms with E-state index in [0.717, 1.165) is 16.5 Å². The van der Waals surface area contributed by atoms with Crippen molar-refractivity contribution < 1.29 is 0 Å². The Kier molecular flexibility index (Phi) is 4.21. The highest BCUT2D eigenvalue weighted by Gasteiger charge is 2.06. The van der Waals surface area contributed by atoms with Crippen molar-refractivity contribution in [2.75, 3.05) is 5.73 Å². The summed E-state index contributed by atoms with van der Waals surface area (Å²) in [6.45, 7) is 0. The third kappa shape index (κ3) is 2.79. The molecule has 0 saturated carbocycles. The Morgan fingerprint density at radius 3 is 2.32 bits per heavy atom. The van der Waals surface area contributed by atoms with Crippen molar-refractivity contribution in [3.05, 3.63) is 52.1 Å². The normalized spacial score (nSPS) is 10.2. The number of nitrogens with two attached hydrogens (primary N) is 1. The van der Waals surface area contributed by atoms with E-state index in [9.17, 15) is 0 Å². The second-order valence-electron chi connectivity index (χ2n) is 3.96. The number of aromatic nitrogens is 2. The molecule has 0 bridgehead atoms. The van der Waals surface area contributed by atoms with Crippen LogP contribution in [0.2, 0.25) is 0 Å². The van der Waals surface area contributed by atoms with Gasteiger partial charge in [0, 0.05) is 14.5 Å². The third-order valence-electron chi connectivity index (χ3n) is 2.74. The summed E-state index contributed by atoms with van der Waals surface area (Å²) < 4.78 is 1.19. The van der Waals surface area contributed by atoms with Crippen molar-refractivity contribution in [3.63, 3.8) is 0 Å². The van der Waals surface area contributed by atoms with E-state index < -0.39 is 0 Å². The van der Waals surface area contributed by atoms with Gasteiger partial charge in [-0.1, -0.05) is 24.3 Å². The molecule has 2 N–H and O–H groups in total. The highest BCUT2D eigenvalue weighted by atomic mass is 127. The van der Waals surface area contributed by atoms with Crippen LogP contribution in [0.4, 0.5) is 5.82 Å². The van der Waals surface area contributed by atoms with Gasteiger partial charge in [0.15, 0.2) is 5.82 Å². The largest absolute Gasteiger partial charge is 0.383 e. The maximum absolute atomic E-state index is 5.97. The average molecular weight is 384 g/mol. The van der Waals surface area contributed by atoms with Crippen LogP contribution < -0.4 is 5.73 Å². The predicted molar refractivity (Wildman–Crippen MR) is 89.4 cm³/mol. The van der Waals surface area contributed by atoms with Crippen LogP contribution in [-0.4, -0.2) is 9.97 Å². The number of nitrogens with zero attached hydrogens (tertiary/aromatic N) is 2. The summed E-state index contributed by atoms with van der Waals surface area (Å²) in [5, 5.41) is 0.895. The first-order valence-corrected chi connectivity index (χ1v) is 6.60. The van der Waals surface area contributed by atoms with Gasteiger partial charge in [0.1, 0.15) is 5.82 Å². The first-order chi connectivity index (χ1) is 8.74. The van der Waals surface area contributed by atoms with E-state index in [4.69, 9.17) is 5.73 Å². The van der Waals surface area contributed by atoms with Crippen molar-refractivity contribution >= 4 is 51.7 Å². The molecule has 19 heavy (non-hydrogen) atoms. The monoisotopic (exact) mass is 383 g/mol. The van der Waals surface area contributed by atoms with Crippen LogP contribution in [0.3, 0.4) is 0 Å².